The van der Waals surface area contributed by atoms with Gasteiger partial charge in [-0.15, -0.1) is 0 Å². The van der Waals surface area contributed by atoms with Gasteiger partial charge in [0.1, 0.15) is 0 Å². The number of nitrogens with two attached hydrogens (primary N) is 1. The Balaban J connectivity index is 0.000000612. The van der Waals surface area contributed by atoms with E-state index >= 15 is 0 Å². The Morgan fingerprint density at radius 2 is 1.65 bits per heavy atom. The Labute approximate surface area is 121 Å². The summed E-state index contributed by atoms with van der Waals surface area (Å²) in [6.07, 6.45) is 2.09. The number of hydrogen-bond acceptors (Lipinski definition) is 4. The largest absolute Gasteiger partial charge is 0.496 e. The quantitative estimate of drug-likeness (QED) is 0.616. The first-order valence-corrected chi connectivity index (χ1v) is 6.59. The van der Waals surface area contributed by atoms with E-state index in [0.717, 1.165) is 16.7 Å². The van der Waals surface area contributed by atoms with Crippen molar-refractivity contribution in [1.29, 1.82) is 0 Å². The van der Waals surface area contributed by atoms with Crippen molar-refractivity contribution in [3.63, 3.8) is 0 Å². The van der Waals surface area contributed by atoms with Crippen molar-refractivity contribution in [3.05, 3.63) is 23.5 Å². The number of pyridine rings is 1. The number of carbonyl (C=O) groups excluding carboxylic acids is 1. The average Bonchev–Trinajstić information content (AvgIpc) is 2.53. The Kier molecular flexibility index (Phi) is 4.94. The zero-order valence-electron chi connectivity index (χ0n) is 13.1. The minimum atomic E-state index is -0.313. The van der Waals surface area contributed by atoms with Crippen LogP contribution in [0.25, 0.3) is 0 Å². The lowest BCUT2D eigenvalue weighted by molar-refractivity contribution is -0.106. The summed E-state index contributed by atoms with van der Waals surface area (Å²) in [6.45, 7) is 12.3. The number of nitrogens with zero attached hydrogens (tertiary/aromatic N) is 1. The van der Waals surface area contributed by atoms with Crippen LogP contribution >= 0.6 is 0 Å². The van der Waals surface area contributed by atoms with Gasteiger partial charge in [-0.3, -0.25) is 9.78 Å². The molecule has 1 fully saturated rings. The lowest BCUT2D eigenvalue weighted by Gasteiger charge is -2.32. The second-order valence-electron chi connectivity index (χ2n) is 5.90. The van der Waals surface area contributed by atoms with E-state index in [-0.39, 0.29) is 24.7 Å². The highest BCUT2D eigenvalue weighted by atomic mass is 16.7. The topological polar surface area (TPSA) is 74.4 Å². The van der Waals surface area contributed by atoms with E-state index in [9.17, 15) is 0 Å². The fourth-order valence-electron chi connectivity index (χ4n) is 1.77. The number of hydrogen-bond donors (Lipinski definition) is 1. The van der Waals surface area contributed by atoms with Gasteiger partial charge in [0, 0.05) is 17.4 Å². The Morgan fingerprint density at radius 1 is 1.20 bits per heavy atom. The summed E-state index contributed by atoms with van der Waals surface area (Å²) in [4.78, 5) is 12.9. The van der Waals surface area contributed by atoms with E-state index in [1.807, 2.05) is 13.1 Å². The smallest absolute Gasteiger partial charge is 0.399 e. The van der Waals surface area contributed by atoms with Gasteiger partial charge in [0.25, 0.3) is 0 Å². The molecule has 2 rings (SSSR count). The highest BCUT2D eigenvalue weighted by Gasteiger charge is 2.51. The SMILES string of the molecule is Cc1cc(B2OC(C)(C)C(C)(C)O2)cnc1C.NC=O. The molecule has 0 radical (unpaired) electrons. The van der Waals surface area contributed by atoms with E-state index in [1.54, 1.807) is 0 Å². The average molecular weight is 278 g/mol. The monoisotopic (exact) mass is 278 g/mol. The van der Waals surface area contributed by atoms with E-state index in [1.165, 1.54) is 0 Å². The highest BCUT2D eigenvalue weighted by Crippen LogP contribution is 2.36. The minimum Gasteiger partial charge on any atom is -0.399 e. The molecule has 1 aromatic rings. The number of aryl methyl sites for hydroxylation is 2. The van der Waals surface area contributed by atoms with Gasteiger partial charge in [-0.25, -0.2) is 0 Å². The first kappa shape index (κ1) is 16.7. The van der Waals surface area contributed by atoms with Crippen LogP contribution in [0.1, 0.15) is 39.0 Å². The number of aromatic nitrogens is 1. The fourth-order valence-corrected chi connectivity index (χ4v) is 1.77. The summed E-state index contributed by atoms with van der Waals surface area (Å²) in [7, 11) is -0.313. The molecule has 1 aromatic heterocycles. The Morgan fingerprint density at radius 3 is 2.05 bits per heavy atom. The van der Waals surface area contributed by atoms with Gasteiger partial charge in [-0.1, -0.05) is 6.07 Å². The summed E-state index contributed by atoms with van der Waals surface area (Å²) >= 11 is 0. The molecule has 1 amide bonds. The van der Waals surface area contributed by atoms with Crippen molar-refractivity contribution < 1.29 is 14.1 Å². The van der Waals surface area contributed by atoms with Crippen molar-refractivity contribution in [1.82, 2.24) is 4.98 Å². The molecular formula is C14H23BN2O3. The number of rotatable bonds is 1. The van der Waals surface area contributed by atoms with E-state index < -0.39 is 0 Å². The predicted molar refractivity (Wildman–Crippen MR) is 79.7 cm³/mol. The minimum absolute atomic E-state index is 0.250. The predicted octanol–water partition coefficient (Wildman–Crippen LogP) is 1.10. The molecule has 0 spiro atoms. The first-order chi connectivity index (χ1) is 9.14. The summed E-state index contributed by atoms with van der Waals surface area (Å²) in [5.41, 5.74) is 6.78. The molecule has 20 heavy (non-hydrogen) atoms. The molecule has 2 N–H and O–H groups in total. The molecule has 1 saturated heterocycles. The molecule has 6 heteroatoms. The Bertz CT molecular complexity index is 473. The summed E-state index contributed by atoms with van der Waals surface area (Å²) < 4.78 is 12.0. The van der Waals surface area contributed by atoms with Crippen LogP contribution in [0, 0.1) is 13.8 Å². The van der Waals surface area contributed by atoms with Crippen LogP contribution in [-0.2, 0) is 14.1 Å². The van der Waals surface area contributed by atoms with Crippen LogP contribution in [0.4, 0.5) is 0 Å². The molecule has 1 aliphatic heterocycles. The molecule has 110 valence electrons. The van der Waals surface area contributed by atoms with Crippen molar-refractivity contribution in [2.24, 2.45) is 5.73 Å². The number of amides is 1. The molecular weight excluding hydrogens is 255 g/mol. The van der Waals surface area contributed by atoms with Crippen LogP contribution in [0.5, 0.6) is 0 Å². The second-order valence-corrected chi connectivity index (χ2v) is 5.90. The molecule has 0 unspecified atom stereocenters. The fraction of sp³-hybridized carbons (Fsp3) is 0.571. The van der Waals surface area contributed by atoms with Crippen molar-refractivity contribution in [3.8, 4) is 0 Å². The maximum absolute atomic E-state index is 8.58. The maximum atomic E-state index is 8.58. The van der Waals surface area contributed by atoms with Crippen LogP contribution in [-0.4, -0.2) is 29.7 Å². The maximum Gasteiger partial charge on any atom is 0.496 e. The summed E-state index contributed by atoms with van der Waals surface area (Å²) in [5, 5.41) is 0. The van der Waals surface area contributed by atoms with Gasteiger partial charge < -0.3 is 15.0 Å². The molecule has 0 aromatic carbocycles. The van der Waals surface area contributed by atoms with Gasteiger partial charge in [-0.05, 0) is 47.1 Å². The first-order valence-electron chi connectivity index (χ1n) is 6.59. The number of primary amides is 1. The van der Waals surface area contributed by atoms with Crippen LogP contribution in [0.2, 0.25) is 0 Å². The van der Waals surface area contributed by atoms with E-state index in [0.29, 0.717) is 0 Å². The van der Waals surface area contributed by atoms with Gasteiger partial charge in [0.2, 0.25) is 6.41 Å². The van der Waals surface area contributed by atoms with Crippen LogP contribution < -0.4 is 11.2 Å². The molecule has 2 heterocycles. The third-order valence-electron chi connectivity index (χ3n) is 3.89. The zero-order valence-corrected chi connectivity index (χ0v) is 13.1. The van der Waals surface area contributed by atoms with Crippen molar-refractivity contribution in [2.75, 3.05) is 0 Å². The normalized spacial score (nSPS) is 19.2. The van der Waals surface area contributed by atoms with Crippen molar-refractivity contribution >= 4 is 19.0 Å². The lowest BCUT2D eigenvalue weighted by Crippen LogP contribution is -2.41. The summed E-state index contributed by atoms with van der Waals surface area (Å²) in [6, 6.07) is 2.09. The Hall–Kier alpha value is -1.40. The number of carbonyl (C=O) groups is 1. The van der Waals surface area contributed by atoms with Gasteiger partial charge in [0.05, 0.1) is 11.2 Å². The van der Waals surface area contributed by atoms with Crippen LogP contribution in [0.15, 0.2) is 12.3 Å². The van der Waals surface area contributed by atoms with Gasteiger partial charge in [-0.2, -0.15) is 0 Å². The molecule has 0 atom stereocenters. The highest BCUT2D eigenvalue weighted by molar-refractivity contribution is 6.62. The third kappa shape index (κ3) is 3.38. The molecule has 0 aliphatic carbocycles. The lowest BCUT2D eigenvalue weighted by atomic mass is 9.79. The zero-order chi connectivity index (χ0) is 15.6. The molecule has 0 saturated carbocycles. The second kappa shape index (κ2) is 5.93. The molecule has 1 aliphatic rings. The standard InChI is InChI=1S/C13H20BNO2.CH3NO/c1-9-7-11(8-15-10(9)2)14-16-12(3,4)13(5,6)17-14;2-1-3/h7-8H,1-6H3;1H,(H2,2,3). The molecule has 5 nitrogen and oxygen atoms in total. The van der Waals surface area contributed by atoms with Crippen molar-refractivity contribution in [2.45, 2.75) is 52.7 Å². The van der Waals surface area contributed by atoms with Gasteiger partial charge >= 0.3 is 7.12 Å². The van der Waals surface area contributed by atoms with Crippen LogP contribution in [0.3, 0.4) is 0 Å². The summed E-state index contributed by atoms with van der Waals surface area (Å²) in [5.74, 6) is 0. The van der Waals surface area contributed by atoms with Gasteiger partial charge in [0.15, 0.2) is 0 Å². The van der Waals surface area contributed by atoms with E-state index in [2.05, 4.69) is 51.4 Å². The third-order valence-corrected chi connectivity index (χ3v) is 3.89. The van der Waals surface area contributed by atoms with E-state index in [4.69, 9.17) is 14.1 Å². The molecule has 0 bridgehead atoms.